The average molecular weight is 228 g/mol. The third-order valence-corrected chi connectivity index (χ3v) is 3.45. The predicted octanol–water partition coefficient (Wildman–Crippen LogP) is 4.17. The number of unbranched alkanes of at least 4 members (excludes halogenated alkanes) is 1. The molecular formula is C15H16O2. The van der Waals surface area contributed by atoms with Crippen LogP contribution in [-0.2, 0) is 0 Å². The number of benzene rings is 2. The molecule has 88 valence electrons. The largest absolute Gasteiger partial charge is 0.507 e. The van der Waals surface area contributed by atoms with Crippen molar-refractivity contribution in [1.29, 1.82) is 0 Å². The van der Waals surface area contributed by atoms with Crippen LogP contribution in [0.2, 0.25) is 0 Å². The van der Waals surface area contributed by atoms with Gasteiger partial charge in [-0.1, -0.05) is 31.5 Å². The number of phenols is 1. The number of phenolic OH excluding ortho intramolecular Hbond substituents is 1. The van der Waals surface area contributed by atoms with Gasteiger partial charge < -0.3 is 9.84 Å². The van der Waals surface area contributed by atoms with Crippen molar-refractivity contribution in [3.05, 3.63) is 35.9 Å². The zero-order chi connectivity index (χ0) is 11.8. The zero-order valence-electron chi connectivity index (χ0n) is 9.94. The highest BCUT2D eigenvalue weighted by Crippen LogP contribution is 2.45. The molecule has 3 rings (SSSR count). The minimum atomic E-state index is 0.162. The molecule has 1 aliphatic rings. The van der Waals surface area contributed by atoms with E-state index in [1.165, 1.54) is 18.4 Å². The van der Waals surface area contributed by atoms with Crippen LogP contribution in [0.15, 0.2) is 30.3 Å². The van der Waals surface area contributed by atoms with E-state index in [4.69, 9.17) is 4.74 Å². The van der Waals surface area contributed by atoms with Crippen LogP contribution in [0.3, 0.4) is 0 Å². The molecule has 0 amide bonds. The molecule has 2 heteroatoms. The summed E-state index contributed by atoms with van der Waals surface area (Å²) in [6.07, 6.45) is 3.55. The first-order valence-corrected chi connectivity index (χ1v) is 6.22. The molecule has 0 spiro atoms. The highest BCUT2D eigenvalue weighted by molar-refractivity contribution is 5.97. The normalized spacial score (nSPS) is 17.4. The van der Waals surface area contributed by atoms with Crippen LogP contribution in [-0.4, -0.2) is 5.11 Å². The maximum Gasteiger partial charge on any atom is 0.128 e. The number of hydrogen-bond acceptors (Lipinski definition) is 2. The van der Waals surface area contributed by atoms with Gasteiger partial charge in [0, 0.05) is 16.3 Å². The molecular weight excluding hydrogens is 212 g/mol. The fourth-order valence-corrected chi connectivity index (χ4v) is 2.57. The molecule has 0 bridgehead atoms. The fraction of sp³-hybridized carbons (Fsp3) is 0.333. The van der Waals surface area contributed by atoms with Gasteiger partial charge >= 0.3 is 0 Å². The first-order valence-electron chi connectivity index (χ1n) is 6.22. The molecule has 2 nitrogen and oxygen atoms in total. The van der Waals surface area contributed by atoms with E-state index in [1.807, 2.05) is 24.3 Å². The van der Waals surface area contributed by atoms with Crippen LogP contribution in [0.1, 0.15) is 37.9 Å². The minimum Gasteiger partial charge on any atom is -0.507 e. The molecule has 1 heterocycles. The molecule has 2 aromatic rings. The summed E-state index contributed by atoms with van der Waals surface area (Å²) in [6.45, 7) is 2.19. The van der Waals surface area contributed by atoms with Crippen molar-refractivity contribution >= 4 is 10.8 Å². The van der Waals surface area contributed by atoms with Crippen molar-refractivity contribution in [2.75, 3.05) is 0 Å². The fourth-order valence-electron chi connectivity index (χ4n) is 2.57. The Hall–Kier alpha value is -1.70. The molecule has 0 fully saturated rings. The smallest absolute Gasteiger partial charge is 0.128 e. The molecule has 1 atom stereocenters. The maximum atomic E-state index is 9.85. The zero-order valence-corrected chi connectivity index (χ0v) is 9.94. The van der Waals surface area contributed by atoms with Gasteiger partial charge in [-0.2, -0.15) is 0 Å². The lowest BCUT2D eigenvalue weighted by Crippen LogP contribution is -2.01. The molecule has 1 unspecified atom stereocenters. The van der Waals surface area contributed by atoms with Gasteiger partial charge in [-0.15, -0.1) is 0 Å². The second-order valence-electron chi connectivity index (χ2n) is 4.60. The molecule has 0 saturated heterocycles. The third kappa shape index (κ3) is 1.55. The minimum absolute atomic E-state index is 0.162. The molecule has 0 aliphatic carbocycles. The summed E-state index contributed by atoms with van der Waals surface area (Å²) in [4.78, 5) is 0. The van der Waals surface area contributed by atoms with E-state index < -0.39 is 0 Å². The first-order chi connectivity index (χ1) is 8.31. The van der Waals surface area contributed by atoms with Gasteiger partial charge in [-0.05, 0) is 25.0 Å². The number of aromatic hydroxyl groups is 1. The summed E-state index contributed by atoms with van der Waals surface area (Å²) in [6, 6.07) is 9.63. The summed E-state index contributed by atoms with van der Waals surface area (Å²) < 4.78 is 5.97. The van der Waals surface area contributed by atoms with Crippen LogP contribution in [0.5, 0.6) is 11.5 Å². The Labute approximate surface area is 101 Å². The summed E-state index contributed by atoms with van der Waals surface area (Å²) >= 11 is 0. The molecule has 17 heavy (non-hydrogen) atoms. The lowest BCUT2D eigenvalue weighted by atomic mass is 9.99. The van der Waals surface area contributed by atoms with Gasteiger partial charge in [0.1, 0.15) is 17.6 Å². The number of hydrogen-bond donors (Lipinski definition) is 1. The van der Waals surface area contributed by atoms with E-state index in [9.17, 15) is 5.11 Å². The Morgan fingerprint density at radius 1 is 1.24 bits per heavy atom. The van der Waals surface area contributed by atoms with E-state index >= 15 is 0 Å². The maximum absolute atomic E-state index is 9.85. The Morgan fingerprint density at radius 3 is 2.94 bits per heavy atom. The van der Waals surface area contributed by atoms with Gasteiger partial charge in [0.15, 0.2) is 0 Å². The third-order valence-electron chi connectivity index (χ3n) is 3.45. The Bertz CT molecular complexity index is 560. The van der Waals surface area contributed by atoms with Gasteiger partial charge in [0.05, 0.1) is 0 Å². The number of rotatable bonds is 3. The second kappa shape index (κ2) is 3.95. The number of ether oxygens (including phenoxy) is 1. The molecule has 0 radical (unpaired) electrons. The quantitative estimate of drug-likeness (QED) is 0.854. The SMILES string of the molecule is CCCCC1Oc2cccc3c(O)ccc1c23. The van der Waals surface area contributed by atoms with Gasteiger partial charge in [-0.25, -0.2) is 0 Å². The Kier molecular flexibility index (Phi) is 2.43. The van der Waals surface area contributed by atoms with Crippen LogP contribution in [0.25, 0.3) is 10.8 Å². The summed E-state index contributed by atoms with van der Waals surface area (Å²) in [7, 11) is 0. The molecule has 1 aliphatic heterocycles. The lowest BCUT2D eigenvalue weighted by molar-refractivity contribution is 0.209. The predicted molar refractivity (Wildman–Crippen MR) is 68.5 cm³/mol. The highest BCUT2D eigenvalue weighted by Gasteiger charge is 2.25. The topological polar surface area (TPSA) is 29.5 Å². The van der Waals surface area contributed by atoms with E-state index in [-0.39, 0.29) is 6.10 Å². The van der Waals surface area contributed by atoms with Crippen molar-refractivity contribution < 1.29 is 9.84 Å². The van der Waals surface area contributed by atoms with Crippen molar-refractivity contribution in [3.8, 4) is 11.5 Å². The van der Waals surface area contributed by atoms with E-state index in [0.717, 1.165) is 22.9 Å². The monoisotopic (exact) mass is 228 g/mol. The Morgan fingerprint density at radius 2 is 2.12 bits per heavy atom. The van der Waals surface area contributed by atoms with Crippen molar-refractivity contribution in [3.63, 3.8) is 0 Å². The summed E-state index contributed by atoms with van der Waals surface area (Å²) in [5, 5.41) is 11.8. The van der Waals surface area contributed by atoms with E-state index in [0.29, 0.717) is 5.75 Å². The van der Waals surface area contributed by atoms with Crippen LogP contribution >= 0.6 is 0 Å². The molecule has 0 aromatic heterocycles. The summed E-state index contributed by atoms with van der Waals surface area (Å²) in [5.41, 5.74) is 1.22. The van der Waals surface area contributed by atoms with Gasteiger partial charge in [0.2, 0.25) is 0 Å². The molecule has 1 N–H and O–H groups in total. The lowest BCUT2D eigenvalue weighted by Gasteiger charge is -2.11. The van der Waals surface area contributed by atoms with E-state index in [1.54, 1.807) is 6.07 Å². The molecule has 2 aromatic carbocycles. The highest BCUT2D eigenvalue weighted by atomic mass is 16.5. The van der Waals surface area contributed by atoms with E-state index in [2.05, 4.69) is 6.92 Å². The van der Waals surface area contributed by atoms with Crippen LogP contribution in [0.4, 0.5) is 0 Å². The first kappa shape index (κ1) is 10.5. The van der Waals surface area contributed by atoms with Crippen molar-refractivity contribution in [2.45, 2.75) is 32.3 Å². The van der Waals surface area contributed by atoms with Crippen molar-refractivity contribution in [1.82, 2.24) is 0 Å². The Balaban J connectivity index is 2.12. The second-order valence-corrected chi connectivity index (χ2v) is 4.60. The standard InChI is InChI=1S/C15H16O2/c1-2-3-6-13-11-8-9-12(16)10-5-4-7-14(17-13)15(10)11/h4-5,7-9,13,16H,2-3,6H2,1H3. The van der Waals surface area contributed by atoms with Gasteiger partial charge in [0.25, 0.3) is 0 Å². The van der Waals surface area contributed by atoms with Gasteiger partial charge in [-0.3, -0.25) is 0 Å². The molecule has 0 saturated carbocycles. The van der Waals surface area contributed by atoms with Crippen LogP contribution < -0.4 is 4.74 Å². The summed E-state index contributed by atoms with van der Waals surface area (Å²) in [5.74, 6) is 1.25. The van der Waals surface area contributed by atoms with Crippen LogP contribution in [0, 0.1) is 0 Å². The van der Waals surface area contributed by atoms with Crippen molar-refractivity contribution in [2.24, 2.45) is 0 Å². The average Bonchev–Trinajstić information content (AvgIpc) is 2.71.